The van der Waals surface area contributed by atoms with Gasteiger partial charge in [-0.05, 0) is 69.4 Å². The summed E-state index contributed by atoms with van der Waals surface area (Å²) in [4.78, 5) is 0. The van der Waals surface area contributed by atoms with E-state index in [-0.39, 0.29) is 12.0 Å². The number of aromatic nitrogens is 1. The molecule has 5 nitrogen and oxygen atoms in total. The molecule has 0 saturated carbocycles. The molecule has 0 fully saturated rings. The summed E-state index contributed by atoms with van der Waals surface area (Å²) in [5, 5.41) is 15.3. The average Bonchev–Trinajstić information content (AvgIpc) is 3.84. The zero-order chi connectivity index (χ0) is 30.8. The van der Waals surface area contributed by atoms with Crippen molar-refractivity contribution in [2.24, 2.45) is 0 Å². The van der Waals surface area contributed by atoms with E-state index in [1.165, 1.54) is 34.3 Å². The lowest BCUT2D eigenvalue weighted by Gasteiger charge is -2.23. The van der Waals surface area contributed by atoms with E-state index in [0.29, 0.717) is 17.0 Å². The summed E-state index contributed by atoms with van der Waals surface area (Å²) in [6.45, 7) is 0. The Bertz CT molecular complexity index is 2340. The summed E-state index contributed by atoms with van der Waals surface area (Å²) >= 11 is 0. The lowest BCUT2D eigenvalue weighted by atomic mass is 9.85. The van der Waals surface area contributed by atoms with E-state index >= 15 is 0 Å². The number of nitrogen functional groups attached to an aromatic ring is 1. The molecule has 4 N–H and O–H groups in total. The van der Waals surface area contributed by atoms with Gasteiger partial charge in [0.2, 0.25) is 0 Å². The Balaban J connectivity index is 1.17. The topological polar surface area (TPSA) is 80.0 Å². The van der Waals surface area contributed by atoms with Gasteiger partial charge in [0.05, 0.1) is 28.7 Å². The normalized spacial score (nSPS) is 16.1. The first-order valence-electron chi connectivity index (χ1n) is 15.5. The smallest absolute Gasteiger partial charge is 0.114 e. The van der Waals surface area contributed by atoms with Gasteiger partial charge in [0.1, 0.15) is 12.5 Å². The summed E-state index contributed by atoms with van der Waals surface area (Å²) in [5.74, 6) is 0.246. The Labute approximate surface area is 266 Å². The Kier molecular flexibility index (Phi) is 5.87. The lowest BCUT2D eigenvalue weighted by molar-refractivity contribution is 0.568. The van der Waals surface area contributed by atoms with Crippen LogP contribution in [-0.4, -0.2) is 10.3 Å². The number of para-hydroxylation sites is 2. The quantitative estimate of drug-likeness (QED) is 0.174. The highest BCUT2D eigenvalue weighted by Gasteiger charge is 2.37. The minimum Gasteiger partial charge on any atom is -0.470 e. The maximum atomic E-state index is 9.10. The van der Waals surface area contributed by atoms with E-state index in [1.54, 1.807) is 6.26 Å². The SMILES string of the molecule is N=C(c1cocc1N)c1ccccc1-c1cc(-c2cccc3c2NC2c4ccn(-c5ccccc5)c4C=CC32)cc2ccccc12. The largest absolute Gasteiger partial charge is 0.470 e. The standard InChI is InChI=1S/C41H30N4O/c42-37-24-46-23-36(37)39(43)31-14-7-6-13-30(31)35-22-26(21-25-9-4-5-12-28(25)35)29-15-8-16-32-33-17-18-38-34(41(33)44-40(29)32)19-20-45(38)27-10-2-1-3-11-27/h1-24,33,41,43-44H,42H2. The van der Waals surface area contributed by atoms with Crippen molar-refractivity contribution in [3.05, 3.63) is 168 Å². The van der Waals surface area contributed by atoms with Gasteiger partial charge in [-0.15, -0.1) is 0 Å². The highest BCUT2D eigenvalue weighted by Crippen LogP contribution is 2.52. The van der Waals surface area contributed by atoms with Crippen LogP contribution in [0.25, 0.3) is 44.8 Å². The number of furan rings is 1. The van der Waals surface area contributed by atoms with Gasteiger partial charge in [0, 0.05) is 40.2 Å². The molecule has 2 aromatic heterocycles. The molecule has 2 unspecified atom stereocenters. The van der Waals surface area contributed by atoms with Gasteiger partial charge in [0.15, 0.2) is 0 Å². The number of nitrogens with one attached hydrogen (secondary N) is 2. The molecular weight excluding hydrogens is 564 g/mol. The summed E-state index contributed by atoms with van der Waals surface area (Å²) < 4.78 is 7.60. The molecule has 1 aliphatic carbocycles. The monoisotopic (exact) mass is 594 g/mol. The van der Waals surface area contributed by atoms with Crippen molar-refractivity contribution in [3.8, 4) is 27.9 Å². The van der Waals surface area contributed by atoms with E-state index in [9.17, 15) is 0 Å². The summed E-state index contributed by atoms with van der Waals surface area (Å²) in [6, 6.07) is 40.7. The first kappa shape index (κ1) is 26.3. The van der Waals surface area contributed by atoms with E-state index in [1.807, 2.05) is 18.2 Å². The number of hydrogen-bond donors (Lipinski definition) is 3. The number of benzene rings is 5. The van der Waals surface area contributed by atoms with Crippen LogP contribution in [0.3, 0.4) is 0 Å². The molecule has 0 saturated heterocycles. The zero-order valence-corrected chi connectivity index (χ0v) is 24.9. The highest BCUT2D eigenvalue weighted by molar-refractivity contribution is 6.18. The molecule has 0 radical (unpaired) electrons. The summed E-state index contributed by atoms with van der Waals surface area (Å²) in [5.41, 5.74) is 18.9. The van der Waals surface area contributed by atoms with Crippen LogP contribution < -0.4 is 11.1 Å². The maximum Gasteiger partial charge on any atom is 0.114 e. The van der Waals surface area contributed by atoms with Crippen molar-refractivity contribution in [2.75, 3.05) is 11.1 Å². The highest BCUT2D eigenvalue weighted by atomic mass is 16.3. The van der Waals surface area contributed by atoms with Crippen LogP contribution in [0, 0.1) is 5.41 Å². The molecule has 3 heterocycles. The zero-order valence-electron chi connectivity index (χ0n) is 24.9. The van der Waals surface area contributed by atoms with E-state index < -0.39 is 0 Å². The van der Waals surface area contributed by atoms with Crippen molar-refractivity contribution in [3.63, 3.8) is 0 Å². The van der Waals surface area contributed by atoms with Crippen LogP contribution in [0.4, 0.5) is 11.4 Å². The fourth-order valence-electron chi connectivity index (χ4n) is 7.35. The third-order valence-electron chi connectivity index (χ3n) is 9.52. The molecule has 7 aromatic rings. The van der Waals surface area contributed by atoms with Crippen LogP contribution in [0.2, 0.25) is 0 Å². The lowest BCUT2D eigenvalue weighted by Crippen LogP contribution is -2.14. The summed E-state index contributed by atoms with van der Waals surface area (Å²) in [7, 11) is 0. The van der Waals surface area contributed by atoms with Gasteiger partial charge in [-0.2, -0.15) is 0 Å². The van der Waals surface area contributed by atoms with Gasteiger partial charge in [-0.3, -0.25) is 5.41 Å². The molecule has 1 aliphatic heterocycles. The van der Waals surface area contributed by atoms with Crippen LogP contribution >= 0.6 is 0 Å². The third kappa shape index (κ3) is 3.99. The molecule has 0 amide bonds. The van der Waals surface area contributed by atoms with Gasteiger partial charge < -0.3 is 20.0 Å². The van der Waals surface area contributed by atoms with Gasteiger partial charge in [-0.25, -0.2) is 0 Å². The van der Waals surface area contributed by atoms with E-state index in [4.69, 9.17) is 15.6 Å². The average molecular weight is 595 g/mol. The second-order valence-corrected chi connectivity index (χ2v) is 12.0. The molecule has 0 spiro atoms. The minimum atomic E-state index is 0.155. The number of nitrogens with two attached hydrogens (primary N) is 1. The molecule has 2 aliphatic rings. The van der Waals surface area contributed by atoms with Crippen molar-refractivity contribution in [2.45, 2.75) is 12.0 Å². The predicted molar refractivity (Wildman–Crippen MR) is 188 cm³/mol. The third-order valence-corrected chi connectivity index (χ3v) is 9.52. The number of hydrogen-bond acceptors (Lipinski definition) is 4. The van der Waals surface area contributed by atoms with Crippen LogP contribution in [0.5, 0.6) is 0 Å². The predicted octanol–water partition coefficient (Wildman–Crippen LogP) is 9.83. The molecule has 5 heteroatoms. The fourth-order valence-corrected chi connectivity index (χ4v) is 7.35. The number of anilines is 2. The van der Waals surface area contributed by atoms with Gasteiger partial charge in [0.25, 0.3) is 0 Å². The number of nitrogens with zero attached hydrogens (tertiary/aromatic N) is 1. The minimum absolute atomic E-state index is 0.155. The summed E-state index contributed by atoms with van der Waals surface area (Å²) in [6.07, 6.45) is 9.84. The molecule has 2 atom stereocenters. The second-order valence-electron chi connectivity index (χ2n) is 12.0. The van der Waals surface area contributed by atoms with Crippen molar-refractivity contribution >= 4 is 33.9 Å². The fraction of sp³-hybridized carbons (Fsp3) is 0.0488. The Hall–Kier alpha value is -6.07. The van der Waals surface area contributed by atoms with Crippen molar-refractivity contribution in [1.82, 2.24) is 4.57 Å². The van der Waals surface area contributed by atoms with Crippen molar-refractivity contribution in [1.29, 1.82) is 5.41 Å². The Morgan fingerprint density at radius 1 is 0.739 bits per heavy atom. The Morgan fingerprint density at radius 2 is 1.54 bits per heavy atom. The first-order chi connectivity index (χ1) is 22.7. The van der Waals surface area contributed by atoms with Crippen LogP contribution in [0.15, 0.2) is 144 Å². The molecular formula is C41H30N4O. The second kappa shape index (κ2) is 10.2. The van der Waals surface area contributed by atoms with Crippen molar-refractivity contribution < 1.29 is 4.42 Å². The van der Waals surface area contributed by atoms with E-state index in [0.717, 1.165) is 38.7 Å². The van der Waals surface area contributed by atoms with Gasteiger partial charge in [-0.1, -0.05) is 91.0 Å². The van der Waals surface area contributed by atoms with Crippen LogP contribution in [-0.2, 0) is 0 Å². The van der Waals surface area contributed by atoms with E-state index in [2.05, 4.69) is 125 Å². The number of rotatable bonds is 5. The maximum absolute atomic E-state index is 9.10. The molecule has 0 bridgehead atoms. The molecule has 9 rings (SSSR count). The Morgan fingerprint density at radius 3 is 2.41 bits per heavy atom. The van der Waals surface area contributed by atoms with Gasteiger partial charge >= 0.3 is 0 Å². The molecule has 5 aromatic carbocycles. The van der Waals surface area contributed by atoms with Crippen LogP contribution in [0.1, 0.15) is 39.9 Å². The first-order valence-corrected chi connectivity index (χ1v) is 15.5. The number of fused-ring (bicyclic) bond motifs is 6. The molecule has 220 valence electrons. The molecule has 46 heavy (non-hydrogen) atoms.